The Morgan fingerprint density at radius 1 is 0.500 bits per heavy atom. The van der Waals surface area contributed by atoms with E-state index in [1.165, 1.54) is 10.8 Å². The Kier molecular flexibility index (Phi) is 5.40. The predicted octanol–water partition coefficient (Wildman–Crippen LogP) is 9.26. The highest BCUT2D eigenvalue weighted by molar-refractivity contribution is 6.24. The maximum absolute atomic E-state index is 6.54. The molecule has 0 aliphatic rings. The Hall–Kier alpha value is -6.14. The largest absolute Gasteiger partial charge is 0.456 e. The molecular weight excluding hydrogens is 542 g/mol. The first-order valence-corrected chi connectivity index (χ1v) is 14.5. The molecule has 5 aromatic carbocycles. The zero-order valence-corrected chi connectivity index (χ0v) is 23.4. The number of aromatic nitrogens is 5. The third kappa shape index (κ3) is 3.82. The third-order valence-electron chi connectivity index (χ3n) is 8.10. The minimum Gasteiger partial charge on any atom is -0.456 e. The Morgan fingerprint density at radius 2 is 1.20 bits per heavy atom. The van der Waals surface area contributed by atoms with Gasteiger partial charge in [-0.25, -0.2) is 15.0 Å². The molecule has 4 heterocycles. The van der Waals surface area contributed by atoms with Crippen LogP contribution in [0, 0.1) is 0 Å². The summed E-state index contributed by atoms with van der Waals surface area (Å²) in [7, 11) is 0. The third-order valence-corrected chi connectivity index (χ3v) is 8.10. The minimum absolute atomic E-state index is 0.522. The molecule has 0 amide bonds. The van der Waals surface area contributed by atoms with Gasteiger partial charge in [0.2, 0.25) is 0 Å². The summed E-state index contributed by atoms with van der Waals surface area (Å²) in [6.45, 7) is 0. The predicted molar refractivity (Wildman–Crippen MR) is 176 cm³/mol. The molecule has 206 valence electrons. The van der Waals surface area contributed by atoms with Gasteiger partial charge in [0.1, 0.15) is 16.9 Å². The summed E-state index contributed by atoms with van der Waals surface area (Å²) in [5.74, 6) is 1.67. The first-order valence-electron chi connectivity index (χ1n) is 14.5. The van der Waals surface area contributed by atoms with E-state index in [9.17, 15) is 0 Å². The van der Waals surface area contributed by atoms with E-state index in [0.29, 0.717) is 23.2 Å². The standard InChI is InChI=1S/C38H23N5O/c1-3-11-24(12-4-1)36-40-37(42-38(41-36)30-16-9-10-22-39-30)25-18-19-29-33(23-25)44-32-21-20-28-27-15-7-8-17-31(27)43(35(28)34(29)32)26-13-5-2-6-14-26/h1-23H. The van der Waals surface area contributed by atoms with Crippen molar-refractivity contribution in [2.24, 2.45) is 0 Å². The van der Waals surface area contributed by atoms with Crippen LogP contribution in [0.5, 0.6) is 0 Å². The van der Waals surface area contributed by atoms with Crippen molar-refractivity contribution in [1.29, 1.82) is 0 Å². The number of furan rings is 1. The van der Waals surface area contributed by atoms with Gasteiger partial charge in [0.05, 0.1) is 16.4 Å². The van der Waals surface area contributed by atoms with Crippen LogP contribution in [0.15, 0.2) is 144 Å². The van der Waals surface area contributed by atoms with E-state index in [0.717, 1.165) is 49.8 Å². The summed E-state index contributed by atoms with van der Waals surface area (Å²) in [6.07, 6.45) is 1.75. The Labute approximate surface area is 251 Å². The van der Waals surface area contributed by atoms with Crippen LogP contribution in [0.2, 0.25) is 0 Å². The van der Waals surface area contributed by atoms with E-state index in [4.69, 9.17) is 19.4 Å². The number of benzene rings is 5. The van der Waals surface area contributed by atoms with E-state index in [-0.39, 0.29) is 0 Å². The van der Waals surface area contributed by atoms with Crippen LogP contribution in [0.1, 0.15) is 0 Å². The second-order valence-corrected chi connectivity index (χ2v) is 10.7. The van der Waals surface area contributed by atoms with Crippen molar-refractivity contribution < 1.29 is 4.42 Å². The van der Waals surface area contributed by atoms with Gasteiger partial charge in [-0.3, -0.25) is 4.98 Å². The van der Waals surface area contributed by atoms with Gasteiger partial charge in [0, 0.05) is 39.2 Å². The lowest BCUT2D eigenvalue weighted by molar-refractivity contribution is 0.669. The van der Waals surface area contributed by atoms with E-state index in [1.54, 1.807) is 6.20 Å². The van der Waals surface area contributed by atoms with Crippen LogP contribution in [0.25, 0.3) is 83.7 Å². The van der Waals surface area contributed by atoms with Gasteiger partial charge < -0.3 is 8.98 Å². The molecule has 0 bridgehead atoms. The first kappa shape index (κ1) is 24.5. The summed E-state index contributed by atoms with van der Waals surface area (Å²) in [6, 6.07) is 45.2. The summed E-state index contributed by atoms with van der Waals surface area (Å²) < 4.78 is 8.88. The van der Waals surface area contributed by atoms with Crippen molar-refractivity contribution in [3.63, 3.8) is 0 Å². The zero-order valence-electron chi connectivity index (χ0n) is 23.4. The van der Waals surface area contributed by atoms with Crippen LogP contribution in [-0.2, 0) is 0 Å². The van der Waals surface area contributed by atoms with E-state index < -0.39 is 0 Å². The first-order chi connectivity index (χ1) is 21.8. The lowest BCUT2D eigenvalue weighted by Crippen LogP contribution is -2.00. The van der Waals surface area contributed by atoms with Gasteiger partial charge in [-0.05, 0) is 54.6 Å². The van der Waals surface area contributed by atoms with E-state index in [2.05, 4.69) is 82.3 Å². The molecule has 0 spiro atoms. The van der Waals surface area contributed by atoms with Gasteiger partial charge in [-0.2, -0.15) is 0 Å². The normalized spacial score (nSPS) is 11.6. The van der Waals surface area contributed by atoms with Crippen molar-refractivity contribution in [1.82, 2.24) is 24.5 Å². The maximum Gasteiger partial charge on any atom is 0.182 e. The lowest BCUT2D eigenvalue weighted by Gasteiger charge is -2.08. The van der Waals surface area contributed by atoms with Gasteiger partial charge in [0.15, 0.2) is 17.5 Å². The topological polar surface area (TPSA) is 69.6 Å². The van der Waals surface area contributed by atoms with Crippen LogP contribution in [-0.4, -0.2) is 24.5 Å². The average molecular weight is 566 g/mol. The number of para-hydroxylation sites is 2. The summed E-state index contributed by atoms with van der Waals surface area (Å²) in [5.41, 5.74) is 7.45. The molecule has 0 saturated heterocycles. The van der Waals surface area contributed by atoms with Crippen LogP contribution < -0.4 is 0 Å². The molecule has 0 unspecified atom stereocenters. The number of pyridine rings is 1. The maximum atomic E-state index is 6.54. The quantitative estimate of drug-likeness (QED) is 0.213. The van der Waals surface area contributed by atoms with E-state index in [1.807, 2.05) is 60.7 Å². The van der Waals surface area contributed by atoms with Crippen molar-refractivity contribution >= 4 is 43.7 Å². The number of nitrogens with zero attached hydrogens (tertiary/aromatic N) is 5. The summed E-state index contributed by atoms with van der Waals surface area (Å²) >= 11 is 0. The summed E-state index contributed by atoms with van der Waals surface area (Å²) in [5, 5.41) is 4.52. The van der Waals surface area contributed by atoms with Gasteiger partial charge >= 0.3 is 0 Å². The SMILES string of the molecule is c1ccc(-c2nc(-c3ccc4c(c3)oc3ccc5c6ccccc6n(-c6ccccc6)c5c34)nc(-c3ccccn3)n2)cc1. The molecule has 0 N–H and O–H groups in total. The molecule has 4 aromatic heterocycles. The van der Waals surface area contributed by atoms with Crippen molar-refractivity contribution in [2.75, 3.05) is 0 Å². The number of hydrogen-bond donors (Lipinski definition) is 0. The fraction of sp³-hybridized carbons (Fsp3) is 0. The number of rotatable bonds is 4. The minimum atomic E-state index is 0.522. The second-order valence-electron chi connectivity index (χ2n) is 10.7. The molecule has 0 radical (unpaired) electrons. The van der Waals surface area contributed by atoms with E-state index >= 15 is 0 Å². The molecule has 6 heteroatoms. The highest BCUT2D eigenvalue weighted by Crippen LogP contribution is 2.41. The highest BCUT2D eigenvalue weighted by atomic mass is 16.3. The molecule has 9 rings (SSSR count). The molecule has 0 fully saturated rings. The summed E-state index contributed by atoms with van der Waals surface area (Å²) in [4.78, 5) is 19.0. The molecule has 0 aliphatic heterocycles. The molecule has 0 aliphatic carbocycles. The van der Waals surface area contributed by atoms with Crippen LogP contribution in [0.4, 0.5) is 0 Å². The highest BCUT2D eigenvalue weighted by Gasteiger charge is 2.20. The fourth-order valence-corrected chi connectivity index (χ4v) is 6.13. The van der Waals surface area contributed by atoms with Crippen LogP contribution >= 0.6 is 0 Å². The van der Waals surface area contributed by atoms with Crippen LogP contribution in [0.3, 0.4) is 0 Å². The monoisotopic (exact) mass is 565 g/mol. The average Bonchev–Trinajstić information content (AvgIpc) is 3.64. The van der Waals surface area contributed by atoms with Crippen molar-refractivity contribution in [3.05, 3.63) is 140 Å². The molecular formula is C38H23N5O. The van der Waals surface area contributed by atoms with Gasteiger partial charge in [0.25, 0.3) is 0 Å². The zero-order chi connectivity index (χ0) is 29.0. The number of fused-ring (bicyclic) bond motifs is 7. The molecule has 0 atom stereocenters. The van der Waals surface area contributed by atoms with Gasteiger partial charge in [-0.1, -0.05) is 78.9 Å². The molecule has 6 nitrogen and oxygen atoms in total. The Balaban J connectivity index is 1.29. The second kappa shape index (κ2) is 9.71. The van der Waals surface area contributed by atoms with Crippen molar-refractivity contribution in [2.45, 2.75) is 0 Å². The molecule has 44 heavy (non-hydrogen) atoms. The Morgan fingerprint density at radius 3 is 2.02 bits per heavy atom. The lowest BCUT2D eigenvalue weighted by atomic mass is 10.1. The van der Waals surface area contributed by atoms with Gasteiger partial charge in [-0.15, -0.1) is 0 Å². The molecule has 0 saturated carbocycles. The van der Waals surface area contributed by atoms with Crippen molar-refractivity contribution in [3.8, 4) is 40.0 Å². The molecule has 9 aromatic rings. The smallest absolute Gasteiger partial charge is 0.182 e. The fourth-order valence-electron chi connectivity index (χ4n) is 6.13. The Bertz CT molecular complexity index is 2430. The number of hydrogen-bond acceptors (Lipinski definition) is 5.